The normalized spacial score (nSPS) is 14.9. The van der Waals surface area contributed by atoms with Crippen LogP contribution in [0.25, 0.3) is 0 Å². The number of piperazine rings is 1. The van der Waals surface area contributed by atoms with E-state index in [1.54, 1.807) is 11.3 Å². The first-order chi connectivity index (χ1) is 11.6. The molecule has 0 bridgehead atoms. The maximum absolute atomic E-state index is 12.3. The minimum Gasteiger partial charge on any atom is -0.368 e. The highest BCUT2D eigenvalue weighted by molar-refractivity contribution is 7.11. The zero-order valence-corrected chi connectivity index (χ0v) is 15.1. The molecule has 0 N–H and O–H groups in total. The molecule has 1 fully saturated rings. The molecule has 1 aromatic heterocycles. The summed E-state index contributed by atoms with van der Waals surface area (Å²) in [5.41, 5.74) is 2.56. The SMILES string of the molecule is Cc1ccc(COCC(=O)N2CCN(c3ccccc3C)CC2)s1. The molecule has 2 heterocycles. The fourth-order valence-corrected chi connectivity index (χ4v) is 3.84. The molecule has 0 unspecified atom stereocenters. The lowest BCUT2D eigenvalue weighted by Gasteiger charge is -2.36. The number of ether oxygens (including phenoxy) is 1. The van der Waals surface area contributed by atoms with Gasteiger partial charge in [-0.2, -0.15) is 0 Å². The molecule has 1 amide bonds. The number of carbonyl (C=O) groups is 1. The van der Waals surface area contributed by atoms with Crippen molar-refractivity contribution in [2.75, 3.05) is 37.7 Å². The van der Waals surface area contributed by atoms with E-state index in [1.165, 1.54) is 21.0 Å². The van der Waals surface area contributed by atoms with Gasteiger partial charge in [0.25, 0.3) is 0 Å². The van der Waals surface area contributed by atoms with Crippen LogP contribution in [0.15, 0.2) is 36.4 Å². The number of carbonyl (C=O) groups excluding carboxylic acids is 1. The van der Waals surface area contributed by atoms with E-state index in [4.69, 9.17) is 4.74 Å². The quantitative estimate of drug-likeness (QED) is 0.835. The van der Waals surface area contributed by atoms with Gasteiger partial charge in [-0.1, -0.05) is 18.2 Å². The van der Waals surface area contributed by atoms with Gasteiger partial charge in [0, 0.05) is 41.6 Å². The second-order valence-corrected chi connectivity index (χ2v) is 7.53. The van der Waals surface area contributed by atoms with Gasteiger partial charge in [-0.3, -0.25) is 4.79 Å². The number of hydrogen-bond donors (Lipinski definition) is 0. The van der Waals surface area contributed by atoms with Crippen LogP contribution in [0.1, 0.15) is 15.3 Å². The summed E-state index contributed by atoms with van der Waals surface area (Å²) in [6, 6.07) is 12.6. The Morgan fingerprint density at radius 3 is 2.50 bits per heavy atom. The van der Waals surface area contributed by atoms with Gasteiger partial charge in [0.2, 0.25) is 5.91 Å². The Morgan fingerprint density at radius 2 is 1.83 bits per heavy atom. The number of amides is 1. The highest BCUT2D eigenvalue weighted by Crippen LogP contribution is 2.21. The van der Waals surface area contributed by atoms with Crippen LogP contribution in [-0.4, -0.2) is 43.6 Å². The van der Waals surface area contributed by atoms with Crippen molar-refractivity contribution in [3.63, 3.8) is 0 Å². The molecule has 1 aromatic carbocycles. The summed E-state index contributed by atoms with van der Waals surface area (Å²) in [6.07, 6.45) is 0. The molecule has 1 aliphatic rings. The molecule has 128 valence electrons. The van der Waals surface area contributed by atoms with Crippen molar-refractivity contribution in [2.45, 2.75) is 20.5 Å². The molecule has 0 spiro atoms. The predicted molar refractivity (Wildman–Crippen MR) is 98.7 cm³/mol. The van der Waals surface area contributed by atoms with Crippen LogP contribution in [0.2, 0.25) is 0 Å². The maximum atomic E-state index is 12.3. The van der Waals surface area contributed by atoms with Crippen LogP contribution in [0.5, 0.6) is 0 Å². The van der Waals surface area contributed by atoms with E-state index in [-0.39, 0.29) is 12.5 Å². The Labute approximate surface area is 147 Å². The lowest BCUT2D eigenvalue weighted by atomic mass is 10.1. The van der Waals surface area contributed by atoms with E-state index in [0.717, 1.165) is 26.2 Å². The largest absolute Gasteiger partial charge is 0.368 e. The summed E-state index contributed by atoms with van der Waals surface area (Å²) in [5.74, 6) is 0.0905. The average Bonchev–Trinajstić information content (AvgIpc) is 3.01. The average molecular weight is 344 g/mol. The highest BCUT2D eigenvalue weighted by atomic mass is 32.1. The van der Waals surface area contributed by atoms with Gasteiger partial charge >= 0.3 is 0 Å². The number of para-hydroxylation sites is 1. The lowest BCUT2D eigenvalue weighted by molar-refractivity contribution is -0.136. The Kier molecular flexibility index (Phi) is 5.53. The number of benzene rings is 1. The van der Waals surface area contributed by atoms with E-state index >= 15 is 0 Å². The van der Waals surface area contributed by atoms with Crippen molar-refractivity contribution >= 4 is 22.9 Å². The molecular formula is C19H24N2O2S. The van der Waals surface area contributed by atoms with Crippen molar-refractivity contribution in [2.24, 2.45) is 0 Å². The predicted octanol–water partition coefficient (Wildman–Crippen LogP) is 3.23. The van der Waals surface area contributed by atoms with E-state index in [1.807, 2.05) is 4.90 Å². The summed E-state index contributed by atoms with van der Waals surface area (Å²) >= 11 is 1.72. The van der Waals surface area contributed by atoms with Crippen molar-refractivity contribution in [3.8, 4) is 0 Å². The van der Waals surface area contributed by atoms with Gasteiger partial charge in [0.15, 0.2) is 0 Å². The number of rotatable bonds is 5. The topological polar surface area (TPSA) is 32.8 Å². The molecule has 4 nitrogen and oxygen atoms in total. The van der Waals surface area contributed by atoms with Gasteiger partial charge in [0.1, 0.15) is 6.61 Å². The number of thiophene rings is 1. The van der Waals surface area contributed by atoms with Crippen LogP contribution >= 0.6 is 11.3 Å². The molecule has 0 atom stereocenters. The summed E-state index contributed by atoms with van der Waals surface area (Å²) in [6.45, 7) is 8.17. The second kappa shape index (κ2) is 7.81. The van der Waals surface area contributed by atoms with Crippen molar-refractivity contribution < 1.29 is 9.53 Å². The van der Waals surface area contributed by atoms with E-state index in [9.17, 15) is 4.79 Å². The molecule has 0 saturated carbocycles. The number of aryl methyl sites for hydroxylation is 2. The number of nitrogens with zero attached hydrogens (tertiary/aromatic N) is 2. The van der Waals surface area contributed by atoms with Crippen molar-refractivity contribution in [1.82, 2.24) is 4.90 Å². The van der Waals surface area contributed by atoms with E-state index in [0.29, 0.717) is 6.61 Å². The summed E-state index contributed by atoms with van der Waals surface area (Å²) in [5, 5.41) is 0. The van der Waals surface area contributed by atoms with Gasteiger partial charge in [-0.15, -0.1) is 11.3 Å². The molecule has 3 rings (SSSR count). The zero-order valence-electron chi connectivity index (χ0n) is 14.3. The number of hydrogen-bond acceptors (Lipinski definition) is 4. The molecule has 2 aromatic rings. The molecule has 5 heteroatoms. The Hall–Kier alpha value is -1.85. The minimum atomic E-state index is 0.0905. The molecule has 24 heavy (non-hydrogen) atoms. The van der Waals surface area contributed by atoms with E-state index < -0.39 is 0 Å². The monoisotopic (exact) mass is 344 g/mol. The summed E-state index contributed by atoms with van der Waals surface area (Å²) in [4.78, 5) is 19.0. The van der Waals surface area contributed by atoms with Crippen molar-refractivity contribution in [1.29, 1.82) is 0 Å². The molecular weight excluding hydrogens is 320 g/mol. The zero-order chi connectivity index (χ0) is 16.9. The van der Waals surface area contributed by atoms with Gasteiger partial charge in [-0.25, -0.2) is 0 Å². The highest BCUT2D eigenvalue weighted by Gasteiger charge is 2.21. The Bertz CT molecular complexity index is 690. The molecule has 1 aliphatic heterocycles. The first-order valence-electron chi connectivity index (χ1n) is 8.35. The van der Waals surface area contributed by atoms with Crippen LogP contribution in [0, 0.1) is 13.8 Å². The van der Waals surface area contributed by atoms with Crippen molar-refractivity contribution in [3.05, 3.63) is 51.7 Å². The summed E-state index contributed by atoms with van der Waals surface area (Å²) < 4.78 is 5.58. The Morgan fingerprint density at radius 1 is 1.08 bits per heavy atom. The second-order valence-electron chi connectivity index (χ2n) is 6.16. The Balaban J connectivity index is 1.44. The van der Waals surface area contributed by atoms with Crippen LogP contribution < -0.4 is 4.90 Å². The first kappa shape index (κ1) is 17.0. The number of anilines is 1. The van der Waals surface area contributed by atoms with Crippen LogP contribution in [0.4, 0.5) is 5.69 Å². The van der Waals surface area contributed by atoms with Crippen LogP contribution in [0.3, 0.4) is 0 Å². The van der Waals surface area contributed by atoms with Gasteiger partial charge in [-0.05, 0) is 37.6 Å². The lowest BCUT2D eigenvalue weighted by Crippen LogP contribution is -2.49. The third kappa shape index (κ3) is 4.16. The third-order valence-corrected chi connectivity index (χ3v) is 5.33. The molecule has 1 saturated heterocycles. The first-order valence-corrected chi connectivity index (χ1v) is 9.16. The molecule has 0 radical (unpaired) electrons. The fourth-order valence-electron chi connectivity index (χ4n) is 3.01. The fraction of sp³-hybridized carbons (Fsp3) is 0.421. The smallest absolute Gasteiger partial charge is 0.248 e. The van der Waals surface area contributed by atoms with Gasteiger partial charge < -0.3 is 14.5 Å². The van der Waals surface area contributed by atoms with Crippen LogP contribution in [-0.2, 0) is 16.1 Å². The maximum Gasteiger partial charge on any atom is 0.248 e. The summed E-state index contributed by atoms with van der Waals surface area (Å²) in [7, 11) is 0. The minimum absolute atomic E-state index is 0.0905. The molecule has 0 aliphatic carbocycles. The standard InChI is InChI=1S/C19H24N2O2S/c1-15-5-3-4-6-18(15)20-9-11-21(12-10-20)19(22)14-23-13-17-8-7-16(2)24-17/h3-8H,9-14H2,1-2H3. The van der Waals surface area contributed by atoms with Gasteiger partial charge in [0.05, 0.1) is 6.61 Å². The van der Waals surface area contributed by atoms with E-state index in [2.05, 4.69) is 55.1 Å². The third-order valence-electron chi connectivity index (χ3n) is 4.35.